The highest BCUT2D eigenvalue weighted by Crippen LogP contribution is 2.51. The molecule has 0 saturated heterocycles. The number of hydrogen-bond donors (Lipinski definition) is 1. The summed E-state index contributed by atoms with van der Waals surface area (Å²) in [6.45, 7) is 7.84. The molecule has 0 aromatic carbocycles. The highest BCUT2D eigenvalue weighted by molar-refractivity contribution is 5.11. The molecule has 0 amide bonds. The van der Waals surface area contributed by atoms with E-state index in [2.05, 4.69) is 20.8 Å². The van der Waals surface area contributed by atoms with Crippen LogP contribution in [0.2, 0.25) is 0 Å². The van der Waals surface area contributed by atoms with Crippen molar-refractivity contribution >= 4 is 0 Å². The van der Waals surface area contributed by atoms with Gasteiger partial charge in [0.05, 0.1) is 0 Å². The van der Waals surface area contributed by atoms with Crippen molar-refractivity contribution in [2.75, 3.05) is 0 Å². The molecule has 0 atom stereocenters. The lowest BCUT2D eigenvalue weighted by molar-refractivity contribution is -0.0532. The Bertz CT molecular complexity index is 159. The smallest absolute Gasteiger partial charge is 0.111 e. The molecule has 1 aliphatic rings. The van der Waals surface area contributed by atoms with E-state index >= 15 is 0 Å². The largest absolute Gasteiger partial charge is 0.324 e. The van der Waals surface area contributed by atoms with Crippen LogP contribution in [-0.4, -0.2) is 11.2 Å². The molecule has 2 heteroatoms. The van der Waals surface area contributed by atoms with E-state index in [9.17, 15) is 4.39 Å². The fourth-order valence-electron chi connectivity index (χ4n) is 1.79. The maximum Gasteiger partial charge on any atom is 0.111 e. The predicted octanol–water partition coefficient (Wildman–Crippen LogP) is 2.25. The maximum atomic E-state index is 13.2. The van der Waals surface area contributed by atoms with Gasteiger partial charge in [-0.05, 0) is 25.2 Å². The SMILES string of the molecule is CC1(F)CC(N)(C(C)(C)C)C1. The molecular weight excluding hydrogens is 141 g/mol. The van der Waals surface area contributed by atoms with Crippen LogP contribution >= 0.6 is 0 Å². The lowest BCUT2D eigenvalue weighted by Gasteiger charge is -2.55. The minimum atomic E-state index is -1.01. The highest BCUT2D eigenvalue weighted by atomic mass is 19.1. The van der Waals surface area contributed by atoms with Gasteiger partial charge in [0.1, 0.15) is 5.67 Å². The Morgan fingerprint density at radius 2 is 1.64 bits per heavy atom. The van der Waals surface area contributed by atoms with E-state index in [4.69, 9.17) is 5.73 Å². The van der Waals surface area contributed by atoms with E-state index in [1.165, 1.54) is 0 Å². The van der Waals surface area contributed by atoms with Crippen molar-refractivity contribution in [1.82, 2.24) is 0 Å². The fraction of sp³-hybridized carbons (Fsp3) is 1.00. The second-order valence-corrected chi connectivity index (χ2v) is 5.17. The topological polar surface area (TPSA) is 26.0 Å². The molecule has 1 aliphatic carbocycles. The molecule has 2 N–H and O–H groups in total. The van der Waals surface area contributed by atoms with Crippen molar-refractivity contribution < 1.29 is 4.39 Å². The summed E-state index contributed by atoms with van der Waals surface area (Å²) < 4.78 is 13.2. The number of nitrogens with two attached hydrogens (primary N) is 1. The zero-order valence-electron chi connectivity index (χ0n) is 7.87. The molecule has 66 valence electrons. The average Bonchev–Trinajstić information content (AvgIpc) is 1.55. The predicted molar refractivity (Wildman–Crippen MR) is 45.1 cm³/mol. The molecule has 11 heavy (non-hydrogen) atoms. The fourth-order valence-corrected chi connectivity index (χ4v) is 1.79. The third-order valence-corrected chi connectivity index (χ3v) is 2.86. The van der Waals surface area contributed by atoms with E-state index < -0.39 is 5.67 Å². The highest BCUT2D eigenvalue weighted by Gasteiger charge is 2.55. The molecule has 0 bridgehead atoms. The minimum absolute atomic E-state index is 0.0264. The van der Waals surface area contributed by atoms with Crippen LogP contribution in [0.25, 0.3) is 0 Å². The summed E-state index contributed by atoms with van der Waals surface area (Å²) in [5.41, 5.74) is 4.75. The summed E-state index contributed by atoms with van der Waals surface area (Å²) >= 11 is 0. The van der Waals surface area contributed by atoms with E-state index in [0.29, 0.717) is 12.8 Å². The van der Waals surface area contributed by atoms with Crippen LogP contribution in [0.1, 0.15) is 40.5 Å². The monoisotopic (exact) mass is 159 g/mol. The number of halogens is 1. The molecular formula is C9H18FN. The van der Waals surface area contributed by atoms with Gasteiger partial charge in [0.25, 0.3) is 0 Å². The van der Waals surface area contributed by atoms with Crippen LogP contribution in [-0.2, 0) is 0 Å². The van der Waals surface area contributed by atoms with Crippen molar-refractivity contribution in [3.05, 3.63) is 0 Å². The van der Waals surface area contributed by atoms with Gasteiger partial charge in [0.15, 0.2) is 0 Å². The number of rotatable bonds is 0. The van der Waals surface area contributed by atoms with Crippen molar-refractivity contribution in [2.45, 2.75) is 51.7 Å². The molecule has 0 aromatic rings. The number of hydrogen-bond acceptors (Lipinski definition) is 1. The zero-order chi connectivity index (χ0) is 8.91. The van der Waals surface area contributed by atoms with Crippen LogP contribution < -0.4 is 5.73 Å². The first-order valence-corrected chi connectivity index (χ1v) is 4.14. The quantitative estimate of drug-likeness (QED) is 0.576. The van der Waals surface area contributed by atoms with Crippen molar-refractivity contribution in [3.8, 4) is 0 Å². The lowest BCUT2D eigenvalue weighted by atomic mass is 9.56. The molecule has 1 nitrogen and oxygen atoms in total. The summed E-state index contributed by atoms with van der Waals surface area (Å²) in [6, 6.07) is 0. The molecule has 1 saturated carbocycles. The van der Waals surface area contributed by atoms with Crippen molar-refractivity contribution in [3.63, 3.8) is 0 Å². The first-order valence-electron chi connectivity index (χ1n) is 4.14. The Morgan fingerprint density at radius 3 is 1.73 bits per heavy atom. The van der Waals surface area contributed by atoms with E-state index in [-0.39, 0.29) is 11.0 Å². The summed E-state index contributed by atoms with van der Waals surface area (Å²) in [6.07, 6.45) is 1.01. The standard InChI is InChI=1S/C9H18FN/c1-7(2,3)9(11)5-8(4,10)6-9/h5-6,11H2,1-4H3. The summed E-state index contributed by atoms with van der Waals surface area (Å²) in [4.78, 5) is 0. The van der Waals surface area contributed by atoms with E-state index in [0.717, 1.165) is 0 Å². The zero-order valence-corrected chi connectivity index (χ0v) is 7.87. The van der Waals surface area contributed by atoms with Crippen LogP contribution in [0.15, 0.2) is 0 Å². The first kappa shape index (κ1) is 8.98. The Morgan fingerprint density at radius 1 is 1.27 bits per heavy atom. The van der Waals surface area contributed by atoms with Gasteiger partial charge < -0.3 is 5.73 Å². The average molecular weight is 159 g/mol. The van der Waals surface area contributed by atoms with Gasteiger partial charge in [-0.3, -0.25) is 0 Å². The van der Waals surface area contributed by atoms with Crippen molar-refractivity contribution in [2.24, 2.45) is 11.1 Å². The molecule has 0 radical (unpaired) electrons. The third kappa shape index (κ3) is 1.41. The van der Waals surface area contributed by atoms with Gasteiger partial charge in [-0.2, -0.15) is 0 Å². The molecule has 1 rings (SSSR count). The van der Waals surface area contributed by atoms with Crippen LogP contribution in [0.3, 0.4) is 0 Å². The van der Waals surface area contributed by atoms with Gasteiger partial charge in [0.2, 0.25) is 0 Å². The van der Waals surface area contributed by atoms with Crippen molar-refractivity contribution in [1.29, 1.82) is 0 Å². The molecule has 0 spiro atoms. The second-order valence-electron chi connectivity index (χ2n) is 5.17. The first-order chi connectivity index (χ1) is 4.66. The van der Waals surface area contributed by atoms with Gasteiger partial charge >= 0.3 is 0 Å². The second kappa shape index (κ2) is 1.98. The summed E-state index contributed by atoms with van der Waals surface area (Å²) in [7, 11) is 0. The molecule has 0 aromatic heterocycles. The molecule has 1 fully saturated rings. The van der Waals surface area contributed by atoms with Crippen LogP contribution in [0.5, 0.6) is 0 Å². The number of alkyl halides is 1. The summed E-state index contributed by atoms with van der Waals surface area (Å²) in [5.74, 6) is 0. The minimum Gasteiger partial charge on any atom is -0.324 e. The van der Waals surface area contributed by atoms with Gasteiger partial charge in [-0.25, -0.2) is 4.39 Å². The van der Waals surface area contributed by atoms with Crippen LogP contribution in [0, 0.1) is 5.41 Å². The maximum absolute atomic E-state index is 13.2. The Kier molecular flexibility index (Phi) is 1.61. The molecule has 0 heterocycles. The third-order valence-electron chi connectivity index (χ3n) is 2.86. The Balaban J connectivity index is 2.64. The van der Waals surface area contributed by atoms with E-state index in [1.54, 1.807) is 6.92 Å². The molecule has 0 aliphatic heterocycles. The Labute approximate surface area is 68.2 Å². The van der Waals surface area contributed by atoms with Gasteiger partial charge in [0, 0.05) is 5.54 Å². The van der Waals surface area contributed by atoms with Crippen LogP contribution in [0.4, 0.5) is 4.39 Å². The summed E-state index contributed by atoms with van der Waals surface area (Å²) in [5, 5.41) is 0. The Hall–Kier alpha value is -0.110. The molecule has 0 unspecified atom stereocenters. The van der Waals surface area contributed by atoms with Gasteiger partial charge in [-0.1, -0.05) is 20.8 Å². The van der Waals surface area contributed by atoms with Gasteiger partial charge in [-0.15, -0.1) is 0 Å². The lowest BCUT2D eigenvalue weighted by Crippen LogP contribution is -2.65. The van der Waals surface area contributed by atoms with E-state index in [1.807, 2.05) is 0 Å². The normalized spacial score (nSPS) is 45.3.